The Morgan fingerprint density at radius 2 is 2.21 bits per heavy atom. The van der Waals surface area contributed by atoms with Gasteiger partial charge in [0.15, 0.2) is 0 Å². The van der Waals surface area contributed by atoms with Gasteiger partial charge in [0.05, 0.1) is 6.10 Å². The van der Waals surface area contributed by atoms with Crippen LogP contribution in [0.1, 0.15) is 25.7 Å². The summed E-state index contributed by atoms with van der Waals surface area (Å²) in [5, 5.41) is 6.83. The van der Waals surface area contributed by atoms with E-state index in [2.05, 4.69) is 10.6 Å². The van der Waals surface area contributed by atoms with Gasteiger partial charge in [0.25, 0.3) is 0 Å². The second-order valence-electron chi connectivity index (χ2n) is 4.80. The number of hydrogen-bond acceptors (Lipinski definition) is 3. The summed E-state index contributed by atoms with van der Waals surface area (Å²) >= 11 is 0. The molecule has 3 heteroatoms. The molecule has 0 amide bonds. The zero-order valence-corrected chi connectivity index (χ0v) is 9.14. The third-order valence-corrected chi connectivity index (χ3v) is 3.40. The number of hydrogen-bond donors (Lipinski definition) is 2. The molecule has 0 aromatic heterocycles. The van der Waals surface area contributed by atoms with E-state index >= 15 is 0 Å². The smallest absolute Gasteiger partial charge is 0.0700 e. The highest BCUT2D eigenvalue weighted by molar-refractivity contribution is 4.96. The molecule has 14 heavy (non-hydrogen) atoms. The van der Waals surface area contributed by atoms with Crippen LogP contribution in [0.2, 0.25) is 0 Å². The average Bonchev–Trinajstić information content (AvgIpc) is 2.75. The predicted molar refractivity (Wildman–Crippen MR) is 57.4 cm³/mol. The first-order valence-corrected chi connectivity index (χ1v) is 5.82. The van der Waals surface area contributed by atoms with Gasteiger partial charge >= 0.3 is 0 Å². The Morgan fingerprint density at radius 1 is 1.36 bits per heavy atom. The van der Waals surface area contributed by atoms with Gasteiger partial charge in [-0.2, -0.15) is 0 Å². The summed E-state index contributed by atoms with van der Waals surface area (Å²) in [7, 11) is 2.04. The van der Waals surface area contributed by atoms with Gasteiger partial charge in [0.2, 0.25) is 0 Å². The minimum atomic E-state index is 0.486. The molecule has 1 saturated heterocycles. The Labute approximate surface area is 86.6 Å². The van der Waals surface area contributed by atoms with Gasteiger partial charge in [-0.3, -0.25) is 0 Å². The number of rotatable bonds is 6. The Morgan fingerprint density at radius 3 is 2.79 bits per heavy atom. The minimum absolute atomic E-state index is 0.486. The molecule has 82 valence electrons. The van der Waals surface area contributed by atoms with Crippen molar-refractivity contribution < 1.29 is 4.74 Å². The molecule has 0 bridgehead atoms. The maximum absolute atomic E-state index is 5.57. The van der Waals surface area contributed by atoms with E-state index < -0.39 is 0 Å². The molecule has 1 saturated carbocycles. The van der Waals surface area contributed by atoms with Crippen LogP contribution >= 0.6 is 0 Å². The summed E-state index contributed by atoms with van der Waals surface area (Å²) < 4.78 is 5.57. The molecule has 2 fully saturated rings. The second kappa shape index (κ2) is 4.60. The van der Waals surface area contributed by atoms with Crippen molar-refractivity contribution in [2.45, 2.75) is 31.8 Å². The van der Waals surface area contributed by atoms with Crippen LogP contribution < -0.4 is 10.6 Å². The van der Waals surface area contributed by atoms with E-state index in [4.69, 9.17) is 4.74 Å². The van der Waals surface area contributed by atoms with E-state index in [1.807, 2.05) is 7.05 Å². The van der Waals surface area contributed by atoms with E-state index in [1.165, 1.54) is 25.7 Å². The summed E-state index contributed by atoms with van der Waals surface area (Å²) in [6.07, 6.45) is 5.74. The third-order valence-electron chi connectivity index (χ3n) is 3.40. The molecular formula is C11H22N2O. The lowest BCUT2D eigenvalue weighted by Gasteiger charge is -2.17. The molecule has 0 spiro atoms. The first-order chi connectivity index (χ1) is 6.85. The summed E-state index contributed by atoms with van der Waals surface area (Å²) in [5.41, 5.74) is 0.577. The van der Waals surface area contributed by atoms with Crippen molar-refractivity contribution in [2.75, 3.05) is 33.3 Å². The average molecular weight is 198 g/mol. The predicted octanol–water partition coefficient (Wildman–Crippen LogP) is 0.755. The number of ether oxygens (including phenoxy) is 1. The van der Waals surface area contributed by atoms with Crippen LogP contribution in [0.5, 0.6) is 0 Å². The van der Waals surface area contributed by atoms with Crippen molar-refractivity contribution in [3.05, 3.63) is 0 Å². The van der Waals surface area contributed by atoms with Gasteiger partial charge < -0.3 is 15.4 Å². The maximum atomic E-state index is 5.57. The van der Waals surface area contributed by atoms with Crippen molar-refractivity contribution in [3.63, 3.8) is 0 Å². The zero-order valence-electron chi connectivity index (χ0n) is 9.14. The Bertz CT molecular complexity index is 174. The molecule has 1 atom stereocenters. The molecule has 2 rings (SSSR count). The topological polar surface area (TPSA) is 33.3 Å². The van der Waals surface area contributed by atoms with Crippen LogP contribution in [0.3, 0.4) is 0 Å². The van der Waals surface area contributed by atoms with Crippen LogP contribution in [-0.2, 0) is 4.74 Å². The van der Waals surface area contributed by atoms with Gasteiger partial charge in [-0.25, -0.2) is 0 Å². The Balaban J connectivity index is 1.58. The van der Waals surface area contributed by atoms with Crippen LogP contribution in [0.4, 0.5) is 0 Å². The molecular weight excluding hydrogens is 176 g/mol. The van der Waals surface area contributed by atoms with E-state index in [0.29, 0.717) is 11.5 Å². The SMILES string of the molecule is CNCC1(CNCC2CCCO2)CC1. The van der Waals surface area contributed by atoms with Crippen LogP contribution in [0.15, 0.2) is 0 Å². The summed E-state index contributed by atoms with van der Waals surface area (Å²) in [6, 6.07) is 0. The van der Waals surface area contributed by atoms with Crippen molar-refractivity contribution in [2.24, 2.45) is 5.41 Å². The largest absolute Gasteiger partial charge is 0.377 e. The molecule has 0 aromatic carbocycles. The fraction of sp³-hybridized carbons (Fsp3) is 1.00. The standard InChI is InChI=1S/C11H22N2O/c1-12-8-11(4-5-11)9-13-7-10-3-2-6-14-10/h10,12-13H,2-9H2,1H3. The monoisotopic (exact) mass is 198 g/mol. The highest BCUT2D eigenvalue weighted by Gasteiger charge is 2.41. The minimum Gasteiger partial charge on any atom is -0.377 e. The lowest BCUT2D eigenvalue weighted by molar-refractivity contribution is 0.109. The third kappa shape index (κ3) is 2.69. The lowest BCUT2D eigenvalue weighted by Crippen LogP contribution is -2.35. The molecule has 1 heterocycles. The van der Waals surface area contributed by atoms with Crippen molar-refractivity contribution in [1.82, 2.24) is 10.6 Å². The number of nitrogens with one attached hydrogen (secondary N) is 2. The van der Waals surface area contributed by atoms with Crippen LogP contribution in [0, 0.1) is 5.41 Å². The molecule has 2 N–H and O–H groups in total. The first kappa shape index (κ1) is 10.4. The first-order valence-electron chi connectivity index (χ1n) is 5.82. The molecule has 1 aliphatic heterocycles. The van der Waals surface area contributed by atoms with E-state index in [9.17, 15) is 0 Å². The molecule has 3 nitrogen and oxygen atoms in total. The van der Waals surface area contributed by atoms with Gasteiger partial charge in [0.1, 0.15) is 0 Å². The molecule has 0 aromatic rings. The molecule has 1 unspecified atom stereocenters. The molecule has 0 radical (unpaired) electrons. The van der Waals surface area contributed by atoms with Gasteiger partial charge in [0, 0.05) is 26.2 Å². The van der Waals surface area contributed by atoms with Crippen molar-refractivity contribution >= 4 is 0 Å². The Kier molecular flexibility index (Phi) is 3.42. The summed E-state index contributed by atoms with van der Waals surface area (Å²) in [6.45, 7) is 4.33. The molecule has 1 aliphatic carbocycles. The van der Waals surface area contributed by atoms with Crippen molar-refractivity contribution in [3.8, 4) is 0 Å². The fourth-order valence-corrected chi connectivity index (χ4v) is 2.27. The van der Waals surface area contributed by atoms with E-state index in [0.717, 1.165) is 26.2 Å². The normalized spacial score (nSPS) is 29.4. The van der Waals surface area contributed by atoms with Gasteiger partial charge in [-0.1, -0.05) is 0 Å². The Hall–Kier alpha value is -0.120. The summed E-state index contributed by atoms with van der Waals surface area (Å²) in [5.74, 6) is 0. The fourth-order valence-electron chi connectivity index (χ4n) is 2.27. The highest BCUT2D eigenvalue weighted by Crippen LogP contribution is 2.44. The second-order valence-corrected chi connectivity index (χ2v) is 4.80. The van der Waals surface area contributed by atoms with Crippen molar-refractivity contribution in [1.29, 1.82) is 0 Å². The zero-order chi connectivity index (χ0) is 9.86. The highest BCUT2D eigenvalue weighted by atomic mass is 16.5. The van der Waals surface area contributed by atoms with Crippen LogP contribution in [0.25, 0.3) is 0 Å². The van der Waals surface area contributed by atoms with Crippen LogP contribution in [-0.4, -0.2) is 39.4 Å². The quantitative estimate of drug-likeness (QED) is 0.661. The summed E-state index contributed by atoms with van der Waals surface area (Å²) in [4.78, 5) is 0. The van der Waals surface area contributed by atoms with E-state index in [-0.39, 0.29) is 0 Å². The lowest BCUT2D eigenvalue weighted by atomic mass is 10.1. The maximum Gasteiger partial charge on any atom is 0.0700 e. The van der Waals surface area contributed by atoms with E-state index in [1.54, 1.807) is 0 Å². The van der Waals surface area contributed by atoms with Gasteiger partial charge in [-0.05, 0) is 38.1 Å². The van der Waals surface area contributed by atoms with Gasteiger partial charge in [-0.15, -0.1) is 0 Å². The molecule has 2 aliphatic rings.